The van der Waals surface area contributed by atoms with Crippen molar-refractivity contribution in [3.05, 3.63) is 0 Å². The molecule has 1 aliphatic heterocycles. The number of aliphatic carboxylic acids is 1. The van der Waals surface area contributed by atoms with Gasteiger partial charge in [-0.25, -0.2) is 0 Å². The van der Waals surface area contributed by atoms with Crippen LogP contribution in [-0.4, -0.2) is 46.9 Å². The number of carboxylic acids is 1. The summed E-state index contributed by atoms with van der Waals surface area (Å²) in [6.45, 7) is 5.09. The van der Waals surface area contributed by atoms with E-state index in [0.29, 0.717) is 25.8 Å². The molecule has 0 aromatic heterocycles. The molecule has 0 bridgehead atoms. The third-order valence-corrected chi connectivity index (χ3v) is 4.51. The molecule has 2 amide bonds. The molecule has 2 rings (SSSR count). The molecule has 21 heavy (non-hydrogen) atoms. The molecule has 2 fully saturated rings. The fourth-order valence-electron chi connectivity index (χ4n) is 3.48. The maximum atomic E-state index is 12.3. The van der Waals surface area contributed by atoms with Crippen LogP contribution in [0.2, 0.25) is 0 Å². The molecule has 0 aromatic rings. The lowest BCUT2D eigenvalue weighted by molar-refractivity contribution is -0.146. The molecule has 2 N–H and O–H groups in total. The Morgan fingerprint density at radius 3 is 2.62 bits per heavy atom. The number of carboxylic acid groups (broad SMARTS) is 1. The summed E-state index contributed by atoms with van der Waals surface area (Å²) in [4.78, 5) is 36.9. The van der Waals surface area contributed by atoms with Crippen LogP contribution in [0.3, 0.4) is 0 Å². The van der Waals surface area contributed by atoms with E-state index >= 15 is 0 Å². The van der Waals surface area contributed by atoms with Crippen molar-refractivity contribution >= 4 is 17.8 Å². The van der Waals surface area contributed by atoms with Gasteiger partial charge in [-0.1, -0.05) is 6.92 Å². The first kappa shape index (κ1) is 15.8. The van der Waals surface area contributed by atoms with Crippen molar-refractivity contribution in [2.75, 3.05) is 13.1 Å². The van der Waals surface area contributed by atoms with E-state index in [0.717, 1.165) is 13.0 Å². The quantitative estimate of drug-likeness (QED) is 0.788. The average Bonchev–Trinajstić information content (AvgIpc) is 2.96. The van der Waals surface area contributed by atoms with E-state index < -0.39 is 17.8 Å². The predicted molar refractivity (Wildman–Crippen MR) is 76.4 cm³/mol. The van der Waals surface area contributed by atoms with E-state index in [2.05, 4.69) is 5.32 Å². The summed E-state index contributed by atoms with van der Waals surface area (Å²) >= 11 is 0. The van der Waals surface area contributed by atoms with Gasteiger partial charge in [-0.15, -0.1) is 0 Å². The fourth-order valence-corrected chi connectivity index (χ4v) is 3.48. The Labute approximate surface area is 124 Å². The minimum Gasteiger partial charge on any atom is -0.481 e. The second kappa shape index (κ2) is 6.45. The molecule has 1 heterocycles. The van der Waals surface area contributed by atoms with Crippen LogP contribution in [-0.2, 0) is 14.4 Å². The molecular formula is C15H24N2O4. The highest BCUT2D eigenvalue weighted by Crippen LogP contribution is 2.36. The average molecular weight is 296 g/mol. The summed E-state index contributed by atoms with van der Waals surface area (Å²) in [5, 5.41) is 12.1. The number of hydrogen-bond acceptors (Lipinski definition) is 3. The van der Waals surface area contributed by atoms with Crippen LogP contribution in [0.25, 0.3) is 0 Å². The SMILES string of the molecule is CC1CC(C(=O)O)C(C(=O)NC(C)CN2CCCC2=O)C1. The summed E-state index contributed by atoms with van der Waals surface area (Å²) < 4.78 is 0. The lowest BCUT2D eigenvalue weighted by Gasteiger charge is -2.24. The summed E-state index contributed by atoms with van der Waals surface area (Å²) in [5.74, 6) is -1.71. The van der Waals surface area contributed by atoms with E-state index in [1.807, 2.05) is 13.8 Å². The number of carbonyl (C=O) groups excluding carboxylic acids is 2. The van der Waals surface area contributed by atoms with Crippen LogP contribution < -0.4 is 5.32 Å². The van der Waals surface area contributed by atoms with Gasteiger partial charge in [0.2, 0.25) is 11.8 Å². The maximum absolute atomic E-state index is 12.3. The highest BCUT2D eigenvalue weighted by atomic mass is 16.4. The summed E-state index contributed by atoms with van der Waals surface area (Å²) in [5.41, 5.74) is 0. The minimum atomic E-state index is -0.887. The summed E-state index contributed by atoms with van der Waals surface area (Å²) in [6, 6.07) is -0.148. The van der Waals surface area contributed by atoms with Gasteiger partial charge in [-0.3, -0.25) is 14.4 Å². The van der Waals surface area contributed by atoms with Gasteiger partial charge in [0.25, 0.3) is 0 Å². The first-order chi connectivity index (χ1) is 9.88. The third kappa shape index (κ3) is 3.74. The van der Waals surface area contributed by atoms with Gasteiger partial charge in [0.05, 0.1) is 11.8 Å². The Morgan fingerprint density at radius 2 is 2.05 bits per heavy atom. The first-order valence-corrected chi connectivity index (χ1v) is 7.69. The van der Waals surface area contributed by atoms with Gasteiger partial charge in [-0.05, 0) is 32.1 Å². The lowest BCUT2D eigenvalue weighted by atomic mass is 9.95. The van der Waals surface area contributed by atoms with Crippen molar-refractivity contribution in [3.8, 4) is 0 Å². The zero-order valence-electron chi connectivity index (χ0n) is 12.7. The van der Waals surface area contributed by atoms with Crippen molar-refractivity contribution < 1.29 is 19.5 Å². The molecule has 1 saturated heterocycles. The van der Waals surface area contributed by atoms with Gasteiger partial charge in [-0.2, -0.15) is 0 Å². The van der Waals surface area contributed by atoms with E-state index in [9.17, 15) is 19.5 Å². The van der Waals surface area contributed by atoms with Crippen molar-refractivity contribution in [2.24, 2.45) is 17.8 Å². The Hall–Kier alpha value is -1.59. The fraction of sp³-hybridized carbons (Fsp3) is 0.800. The molecule has 118 valence electrons. The molecule has 0 aromatic carbocycles. The van der Waals surface area contributed by atoms with Crippen molar-refractivity contribution in [1.29, 1.82) is 0 Å². The van der Waals surface area contributed by atoms with Crippen LogP contribution >= 0.6 is 0 Å². The lowest BCUT2D eigenvalue weighted by Crippen LogP contribution is -2.45. The number of likely N-dealkylation sites (tertiary alicyclic amines) is 1. The second-order valence-corrected chi connectivity index (χ2v) is 6.48. The standard InChI is InChI=1S/C15H24N2O4/c1-9-6-11(12(7-9)15(20)21)14(19)16-10(2)8-17-5-3-4-13(17)18/h9-12H,3-8H2,1-2H3,(H,16,19)(H,20,21). The topological polar surface area (TPSA) is 86.7 Å². The predicted octanol–water partition coefficient (Wildman–Crippen LogP) is 0.860. The van der Waals surface area contributed by atoms with Crippen LogP contribution in [0.15, 0.2) is 0 Å². The smallest absolute Gasteiger partial charge is 0.307 e. The van der Waals surface area contributed by atoms with E-state index in [-0.39, 0.29) is 23.8 Å². The van der Waals surface area contributed by atoms with Gasteiger partial charge in [0, 0.05) is 25.6 Å². The molecule has 4 atom stereocenters. The number of rotatable bonds is 5. The number of carbonyl (C=O) groups is 3. The number of amides is 2. The Bertz CT molecular complexity index is 437. The normalized spacial score (nSPS) is 30.5. The highest BCUT2D eigenvalue weighted by Gasteiger charge is 2.41. The van der Waals surface area contributed by atoms with Crippen LogP contribution in [0.4, 0.5) is 0 Å². The largest absolute Gasteiger partial charge is 0.481 e. The van der Waals surface area contributed by atoms with E-state index in [1.165, 1.54) is 0 Å². The number of hydrogen-bond donors (Lipinski definition) is 2. The summed E-state index contributed by atoms with van der Waals surface area (Å²) in [6.07, 6.45) is 2.65. The monoisotopic (exact) mass is 296 g/mol. The van der Waals surface area contributed by atoms with Crippen LogP contribution in [0.5, 0.6) is 0 Å². The third-order valence-electron chi connectivity index (χ3n) is 4.51. The maximum Gasteiger partial charge on any atom is 0.307 e. The van der Waals surface area contributed by atoms with E-state index in [4.69, 9.17) is 0 Å². The highest BCUT2D eigenvalue weighted by molar-refractivity contribution is 5.85. The van der Waals surface area contributed by atoms with E-state index in [1.54, 1.807) is 4.90 Å². The molecule has 2 aliphatic rings. The van der Waals surface area contributed by atoms with Crippen LogP contribution in [0, 0.1) is 17.8 Å². The second-order valence-electron chi connectivity index (χ2n) is 6.48. The van der Waals surface area contributed by atoms with Gasteiger partial charge < -0.3 is 15.3 Å². The van der Waals surface area contributed by atoms with Crippen molar-refractivity contribution in [1.82, 2.24) is 10.2 Å². The Morgan fingerprint density at radius 1 is 1.38 bits per heavy atom. The number of nitrogens with one attached hydrogen (secondary N) is 1. The van der Waals surface area contributed by atoms with Gasteiger partial charge in [0.15, 0.2) is 0 Å². The molecular weight excluding hydrogens is 272 g/mol. The zero-order chi connectivity index (χ0) is 15.6. The molecule has 0 spiro atoms. The van der Waals surface area contributed by atoms with Crippen molar-refractivity contribution in [2.45, 2.75) is 45.6 Å². The molecule has 6 heteroatoms. The molecule has 6 nitrogen and oxygen atoms in total. The molecule has 1 aliphatic carbocycles. The zero-order valence-corrected chi connectivity index (χ0v) is 12.7. The van der Waals surface area contributed by atoms with Gasteiger partial charge >= 0.3 is 5.97 Å². The molecule has 0 radical (unpaired) electrons. The number of nitrogens with zero attached hydrogens (tertiary/aromatic N) is 1. The van der Waals surface area contributed by atoms with Gasteiger partial charge in [0.1, 0.15) is 0 Å². The first-order valence-electron chi connectivity index (χ1n) is 7.69. The minimum absolute atomic E-state index is 0.133. The molecule has 1 saturated carbocycles. The van der Waals surface area contributed by atoms with Crippen LogP contribution in [0.1, 0.15) is 39.5 Å². The molecule has 4 unspecified atom stereocenters. The summed E-state index contributed by atoms with van der Waals surface area (Å²) in [7, 11) is 0. The van der Waals surface area contributed by atoms with Crippen molar-refractivity contribution in [3.63, 3.8) is 0 Å². The Balaban J connectivity index is 1.88. The Kier molecular flexibility index (Phi) is 4.85.